The quantitative estimate of drug-likeness (QED) is 0.900. The fraction of sp³-hybridized carbons (Fsp3) is 0.389. The predicted octanol–water partition coefficient (Wildman–Crippen LogP) is 2.25. The van der Waals surface area contributed by atoms with Crippen molar-refractivity contribution in [2.75, 3.05) is 25.5 Å². The number of ether oxygens (including phenoxy) is 1. The molecule has 132 valence electrons. The molecule has 7 heteroatoms. The number of rotatable bonds is 5. The first kappa shape index (κ1) is 17.0. The van der Waals surface area contributed by atoms with Crippen LogP contribution in [-0.2, 0) is 9.59 Å². The number of benzene rings is 1. The topological polar surface area (TPSA) is 84.7 Å². The molecule has 2 heterocycles. The number of aromatic nitrogens is 1. The normalized spacial score (nSPS) is 17.0. The Morgan fingerprint density at radius 2 is 2.20 bits per heavy atom. The number of amides is 2. The number of nitrogens with one attached hydrogen (secondary N) is 1. The van der Waals surface area contributed by atoms with Crippen molar-refractivity contribution in [3.05, 3.63) is 41.1 Å². The molecule has 0 aliphatic carbocycles. The van der Waals surface area contributed by atoms with Crippen molar-refractivity contribution in [2.24, 2.45) is 0 Å². The van der Waals surface area contributed by atoms with Crippen LogP contribution in [0.2, 0.25) is 0 Å². The Hall–Kier alpha value is -2.83. The van der Waals surface area contributed by atoms with Crippen LogP contribution in [0, 0.1) is 13.8 Å². The van der Waals surface area contributed by atoms with E-state index in [-0.39, 0.29) is 30.2 Å². The Kier molecular flexibility index (Phi) is 4.74. The first-order valence-corrected chi connectivity index (χ1v) is 8.11. The standard InChI is InChI=1S/C18H21N3O4/c1-11-6-13(4-5-15(11)24-3)14-8-18(23)21(9-14)10-16(22)19-17-7-12(2)20-25-17/h4-7,14H,8-10H2,1-3H3,(H,19,22). The maximum Gasteiger partial charge on any atom is 0.246 e. The SMILES string of the molecule is COc1ccc(C2CC(=O)N(CC(=O)Nc3cc(C)no3)C2)cc1C. The summed E-state index contributed by atoms with van der Waals surface area (Å²) in [7, 11) is 1.64. The lowest BCUT2D eigenvalue weighted by molar-refractivity contribution is -0.131. The van der Waals surface area contributed by atoms with Crippen LogP contribution in [0.3, 0.4) is 0 Å². The summed E-state index contributed by atoms with van der Waals surface area (Å²) in [6.07, 6.45) is 0.403. The van der Waals surface area contributed by atoms with E-state index >= 15 is 0 Å². The summed E-state index contributed by atoms with van der Waals surface area (Å²) in [6, 6.07) is 7.56. The zero-order valence-corrected chi connectivity index (χ0v) is 14.5. The minimum atomic E-state index is -0.295. The number of methoxy groups -OCH3 is 1. The van der Waals surface area contributed by atoms with E-state index in [1.54, 1.807) is 25.0 Å². The summed E-state index contributed by atoms with van der Waals surface area (Å²) in [5, 5.41) is 6.32. The molecule has 1 unspecified atom stereocenters. The molecule has 1 atom stereocenters. The molecule has 1 fully saturated rings. The van der Waals surface area contributed by atoms with Gasteiger partial charge < -0.3 is 14.2 Å². The maximum absolute atomic E-state index is 12.2. The van der Waals surface area contributed by atoms with E-state index in [4.69, 9.17) is 9.26 Å². The molecule has 1 N–H and O–H groups in total. The van der Waals surface area contributed by atoms with E-state index in [1.165, 1.54) is 0 Å². The third-order valence-corrected chi connectivity index (χ3v) is 4.33. The Labute approximate surface area is 145 Å². The van der Waals surface area contributed by atoms with Gasteiger partial charge in [0, 0.05) is 24.9 Å². The number of nitrogens with zero attached hydrogens (tertiary/aromatic N) is 2. The summed E-state index contributed by atoms with van der Waals surface area (Å²) >= 11 is 0. The van der Waals surface area contributed by atoms with Gasteiger partial charge in [0.25, 0.3) is 0 Å². The molecule has 25 heavy (non-hydrogen) atoms. The lowest BCUT2D eigenvalue weighted by atomic mass is 9.96. The highest BCUT2D eigenvalue weighted by Gasteiger charge is 2.32. The van der Waals surface area contributed by atoms with Crippen molar-refractivity contribution in [3.63, 3.8) is 0 Å². The highest BCUT2D eigenvalue weighted by atomic mass is 16.5. The third kappa shape index (κ3) is 3.81. The van der Waals surface area contributed by atoms with Gasteiger partial charge in [-0.25, -0.2) is 0 Å². The number of anilines is 1. The maximum atomic E-state index is 12.2. The number of likely N-dealkylation sites (tertiary alicyclic amines) is 1. The van der Waals surface area contributed by atoms with Gasteiger partial charge in [0.15, 0.2) is 0 Å². The van der Waals surface area contributed by atoms with E-state index in [9.17, 15) is 9.59 Å². The van der Waals surface area contributed by atoms with Gasteiger partial charge >= 0.3 is 0 Å². The Bertz CT molecular complexity index is 799. The minimum Gasteiger partial charge on any atom is -0.496 e. The summed E-state index contributed by atoms with van der Waals surface area (Å²) < 4.78 is 10.2. The second-order valence-corrected chi connectivity index (χ2v) is 6.29. The van der Waals surface area contributed by atoms with Crippen molar-refractivity contribution in [3.8, 4) is 5.75 Å². The van der Waals surface area contributed by atoms with Crippen molar-refractivity contribution >= 4 is 17.7 Å². The lowest BCUT2D eigenvalue weighted by Gasteiger charge is -2.16. The number of carbonyl (C=O) groups excluding carboxylic acids is 2. The highest BCUT2D eigenvalue weighted by Crippen LogP contribution is 2.31. The average molecular weight is 343 g/mol. The van der Waals surface area contributed by atoms with Crippen LogP contribution in [0.15, 0.2) is 28.8 Å². The molecule has 1 aliphatic rings. The molecular weight excluding hydrogens is 322 g/mol. The first-order chi connectivity index (χ1) is 12.0. The highest BCUT2D eigenvalue weighted by molar-refractivity contribution is 5.94. The molecule has 7 nitrogen and oxygen atoms in total. The van der Waals surface area contributed by atoms with Gasteiger partial charge in [-0.1, -0.05) is 17.3 Å². The Morgan fingerprint density at radius 3 is 2.84 bits per heavy atom. The first-order valence-electron chi connectivity index (χ1n) is 8.11. The summed E-state index contributed by atoms with van der Waals surface area (Å²) in [5.41, 5.74) is 2.80. The average Bonchev–Trinajstić information content (AvgIpc) is 3.13. The van der Waals surface area contributed by atoms with Crippen LogP contribution in [0.25, 0.3) is 0 Å². The zero-order chi connectivity index (χ0) is 18.0. The van der Waals surface area contributed by atoms with Gasteiger partial charge in [-0.2, -0.15) is 0 Å². The zero-order valence-electron chi connectivity index (χ0n) is 14.5. The van der Waals surface area contributed by atoms with E-state index < -0.39 is 0 Å². The smallest absolute Gasteiger partial charge is 0.246 e. The fourth-order valence-corrected chi connectivity index (χ4v) is 3.08. The second kappa shape index (κ2) is 6.96. The number of hydrogen-bond donors (Lipinski definition) is 1. The molecule has 2 aromatic rings. The fourth-order valence-electron chi connectivity index (χ4n) is 3.08. The van der Waals surface area contributed by atoms with Crippen LogP contribution < -0.4 is 10.1 Å². The van der Waals surface area contributed by atoms with E-state index in [1.807, 2.05) is 25.1 Å². The second-order valence-electron chi connectivity index (χ2n) is 6.29. The summed E-state index contributed by atoms with van der Waals surface area (Å²) in [6.45, 7) is 4.27. The van der Waals surface area contributed by atoms with Gasteiger partial charge in [-0.05, 0) is 31.0 Å². The van der Waals surface area contributed by atoms with Gasteiger partial charge in [0.05, 0.1) is 19.3 Å². The molecule has 1 aliphatic heterocycles. The van der Waals surface area contributed by atoms with Crippen molar-refractivity contribution < 1.29 is 18.8 Å². The van der Waals surface area contributed by atoms with Gasteiger partial charge in [0.1, 0.15) is 5.75 Å². The molecule has 0 radical (unpaired) electrons. The van der Waals surface area contributed by atoms with Crippen LogP contribution in [0.4, 0.5) is 5.88 Å². The third-order valence-electron chi connectivity index (χ3n) is 4.33. The minimum absolute atomic E-state index is 0.00418. The van der Waals surface area contributed by atoms with Crippen LogP contribution in [0.5, 0.6) is 5.75 Å². The summed E-state index contributed by atoms with van der Waals surface area (Å²) in [5.74, 6) is 0.874. The molecule has 2 amide bonds. The van der Waals surface area contributed by atoms with Crippen molar-refractivity contribution in [2.45, 2.75) is 26.2 Å². The Balaban J connectivity index is 1.62. The molecule has 3 rings (SSSR count). The largest absolute Gasteiger partial charge is 0.496 e. The lowest BCUT2D eigenvalue weighted by Crippen LogP contribution is -2.34. The van der Waals surface area contributed by atoms with Crippen molar-refractivity contribution in [1.29, 1.82) is 0 Å². The molecule has 0 bridgehead atoms. The number of aryl methyl sites for hydroxylation is 2. The molecule has 1 saturated heterocycles. The van der Waals surface area contributed by atoms with Crippen LogP contribution >= 0.6 is 0 Å². The van der Waals surface area contributed by atoms with Gasteiger partial charge in [-0.3, -0.25) is 14.9 Å². The number of carbonyl (C=O) groups is 2. The molecule has 0 saturated carbocycles. The monoisotopic (exact) mass is 343 g/mol. The molecule has 1 aromatic heterocycles. The van der Waals surface area contributed by atoms with Gasteiger partial charge in [0.2, 0.25) is 17.7 Å². The Morgan fingerprint density at radius 1 is 1.40 bits per heavy atom. The van der Waals surface area contributed by atoms with E-state index in [0.717, 1.165) is 16.9 Å². The van der Waals surface area contributed by atoms with E-state index in [2.05, 4.69) is 10.5 Å². The van der Waals surface area contributed by atoms with E-state index in [0.29, 0.717) is 18.7 Å². The van der Waals surface area contributed by atoms with Crippen LogP contribution in [0.1, 0.15) is 29.2 Å². The van der Waals surface area contributed by atoms with Crippen LogP contribution in [-0.4, -0.2) is 42.1 Å². The molecular formula is C18H21N3O4. The molecule has 0 spiro atoms. The van der Waals surface area contributed by atoms with Gasteiger partial charge in [-0.15, -0.1) is 0 Å². The molecule has 1 aromatic carbocycles. The van der Waals surface area contributed by atoms with Crippen molar-refractivity contribution in [1.82, 2.24) is 10.1 Å². The number of hydrogen-bond acceptors (Lipinski definition) is 5. The predicted molar refractivity (Wildman–Crippen MR) is 91.5 cm³/mol. The summed E-state index contributed by atoms with van der Waals surface area (Å²) in [4.78, 5) is 25.9.